The highest BCUT2D eigenvalue weighted by Crippen LogP contribution is 2.26. The number of pyridine rings is 1. The van der Waals surface area contributed by atoms with Crippen LogP contribution in [0.5, 0.6) is 0 Å². The van der Waals surface area contributed by atoms with Crippen molar-refractivity contribution in [3.05, 3.63) is 64.0 Å². The first-order valence-corrected chi connectivity index (χ1v) is 10.9. The molecule has 0 radical (unpaired) electrons. The summed E-state index contributed by atoms with van der Waals surface area (Å²) in [6.07, 6.45) is 3.31. The van der Waals surface area contributed by atoms with E-state index in [4.69, 9.17) is 0 Å². The predicted octanol–water partition coefficient (Wildman–Crippen LogP) is 1.98. The number of benzene rings is 1. The molecule has 0 spiro atoms. The summed E-state index contributed by atoms with van der Waals surface area (Å²) in [7, 11) is 1.61. The van der Waals surface area contributed by atoms with Crippen molar-refractivity contribution in [1.82, 2.24) is 24.4 Å². The summed E-state index contributed by atoms with van der Waals surface area (Å²) in [5.74, 6) is -0.861. The van der Waals surface area contributed by atoms with Crippen molar-refractivity contribution in [2.45, 2.75) is 0 Å². The van der Waals surface area contributed by atoms with Crippen molar-refractivity contribution >= 4 is 39.7 Å². The molecule has 1 amide bonds. The molecule has 3 aromatic heterocycles. The lowest BCUT2D eigenvalue weighted by molar-refractivity contribution is 0.102. The third-order valence-corrected chi connectivity index (χ3v) is 6.26. The summed E-state index contributed by atoms with van der Waals surface area (Å²) in [5, 5.41) is 8.06. The van der Waals surface area contributed by atoms with E-state index in [1.165, 1.54) is 21.3 Å². The fraction of sp³-hybridized carbons (Fsp3) is 0.238. The number of thiazole rings is 1. The van der Waals surface area contributed by atoms with Crippen molar-refractivity contribution in [2.75, 3.05) is 36.4 Å². The second kappa shape index (κ2) is 8.17. The highest BCUT2D eigenvalue weighted by molar-refractivity contribution is 7.12. The summed E-state index contributed by atoms with van der Waals surface area (Å²) >= 11 is 1.14. The maximum atomic E-state index is 13.8. The lowest BCUT2D eigenvalue weighted by Gasteiger charge is -2.30. The van der Waals surface area contributed by atoms with E-state index in [2.05, 4.69) is 25.5 Å². The number of rotatable bonds is 4. The Kier molecular flexibility index (Phi) is 5.19. The standard InChI is InChI=1S/C21H20FN7O2S/c1-27-17-3-2-13(22)10-18(17)29(21(27)31)20-26-15(12-32-20)19(30)25-14-11-24-5-4-16(14)28-8-6-23-7-9-28/h2-5,10-12,23H,6-9H2,1H3,(H,25,30). The van der Waals surface area contributed by atoms with Crippen LogP contribution >= 0.6 is 11.3 Å². The van der Waals surface area contributed by atoms with Gasteiger partial charge in [0, 0.05) is 50.9 Å². The van der Waals surface area contributed by atoms with E-state index < -0.39 is 11.7 Å². The van der Waals surface area contributed by atoms with Gasteiger partial charge < -0.3 is 15.5 Å². The second-order valence-corrected chi connectivity index (χ2v) is 8.25. The minimum absolute atomic E-state index is 0.167. The van der Waals surface area contributed by atoms with Crippen LogP contribution < -0.4 is 21.2 Å². The molecule has 32 heavy (non-hydrogen) atoms. The SMILES string of the molecule is Cn1c(=O)n(-c2nc(C(=O)Nc3cnccc3N3CCNCC3)cs2)c2cc(F)ccc21. The molecule has 2 N–H and O–H groups in total. The molecule has 1 fully saturated rings. The Morgan fingerprint density at radius 1 is 1.22 bits per heavy atom. The minimum atomic E-state index is -0.455. The maximum Gasteiger partial charge on any atom is 0.335 e. The minimum Gasteiger partial charge on any atom is -0.367 e. The van der Waals surface area contributed by atoms with E-state index in [0.29, 0.717) is 21.9 Å². The number of aryl methyl sites for hydroxylation is 1. The predicted molar refractivity (Wildman–Crippen MR) is 121 cm³/mol. The van der Waals surface area contributed by atoms with Gasteiger partial charge in [-0.15, -0.1) is 11.3 Å². The molecule has 5 rings (SSSR count). The number of carbonyl (C=O) groups excluding carboxylic acids is 1. The van der Waals surface area contributed by atoms with Gasteiger partial charge in [0.25, 0.3) is 5.91 Å². The van der Waals surface area contributed by atoms with Gasteiger partial charge in [0.2, 0.25) is 0 Å². The molecule has 11 heteroatoms. The zero-order valence-corrected chi connectivity index (χ0v) is 18.0. The zero-order chi connectivity index (χ0) is 22.2. The monoisotopic (exact) mass is 453 g/mol. The average molecular weight is 454 g/mol. The third-order valence-electron chi connectivity index (χ3n) is 5.44. The van der Waals surface area contributed by atoms with Crippen molar-refractivity contribution in [3.63, 3.8) is 0 Å². The van der Waals surface area contributed by atoms with Crippen LogP contribution in [0.1, 0.15) is 10.5 Å². The van der Waals surface area contributed by atoms with Crippen molar-refractivity contribution in [1.29, 1.82) is 0 Å². The van der Waals surface area contributed by atoms with E-state index in [1.54, 1.807) is 30.9 Å². The Bertz CT molecular complexity index is 1370. The number of nitrogens with zero attached hydrogens (tertiary/aromatic N) is 5. The van der Waals surface area contributed by atoms with Gasteiger partial charge in [0.15, 0.2) is 5.13 Å². The Morgan fingerprint density at radius 3 is 2.84 bits per heavy atom. The van der Waals surface area contributed by atoms with Gasteiger partial charge in [0.1, 0.15) is 11.5 Å². The lowest BCUT2D eigenvalue weighted by Crippen LogP contribution is -2.43. The fourth-order valence-corrected chi connectivity index (χ4v) is 4.63. The molecule has 164 valence electrons. The first kappa shape index (κ1) is 20.3. The fourth-order valence-electron chi connectivity index (χ4n) is 3.82. The van der Waals surface area contributed by atoms with Crippen LogP contribution in [0.15, 0.2) is 46.8 Å². The molecule has 0 saturated carbocycles. The average Bonchev–Trinajstić information content (AvgIpc) is 3.38. The van der Waals surface area contributed by atoms with Crippen LogP contribution in [0, 0.1) is 5.82 Å². The normalized spacial score (nSPS) is 14.1. The molecule has 4 aromatic rings. The molecule has 0 aliphatic carbocycles. The molecular formula is C21H20FN7O2S. The number of carbonyl (C=O) groups is 1. The number of fused-ring (bicyclic) bond motifs is 1. The molecule has 1 aliphatic rings. The maximum absolute atomic E-state index is 13.8. The van der Waals surface area contributed by atoms with Crippen LogP contribution in [0.4, 0.5) is 15.8 Å². The second-order valence-electron chi connectivity index (χ2n) is 7.41. The van der Waals surface area contributed by atoms with E-state index in [9.17, 15) is 14.0 Å². The Morgan fingerprint density at radius 2 is 2.03 bits per heavy atom. The number of halogens is 1. The number of piperazine rings is 1. The molecule has 1 aromatic carbocycles. The third kappa shape index (κ3) is 3.55. The summed E-state index contributed by atoms with van der Waals surface area (Å²) in [4.78, 5) is 36.3. The van der Waals surface area contributed by atoms with E-state index >= 15 is 0 Å². The van der Waals surface area contributed by atoms with Crippen molar-refractivity contribution < 1.29 is 9.18 Å². The highest BCUT2D eigenvalue weighted by Gasteiger charge is 2.20. The lowest BCUT2D eigenvalue weighted by atomic mass is 10.2. The number of amides is 1. The molecule has 0 bridgehead atoms. The molecule has 0 atom stereocenters. The van der Waals surface area contributed by atoms with Crippen molar-refractivity contribution in [3.8, 4) is 5.13 Å². The van der Waals surface area contributed by atoms with E-state index in [-0.39, 0.29) is 11.4 Å². The first-order chi connectivity index (χ1) is 15.5. The highest BCUT2D eigenvalue weighted by atomic mass is 32.1. The van der Waals surface area contributed by atoms with Gasteiger partial charge in [-0.1, -0.05) is 0 Å². The summed E-state index contributed by atoms with van der Waals surface area (Å²) in [6, 6.07) is 6.01. The van der Waals surface area contributed by atoms with Crippen molar-refractivity contribution in [2.24, 2.45) is 7.05 Å². The molecular weight excluding hydrogens is 433 g/mol. The molecule has 4 heterocycles. The van der Waals surface area contributed by atoms with Crippen LogP contribution in [0.3, 0.4) is 0 Å². The Hall–Kier alpha value is -3.57. The van der Waals surface area contributed by atoms with Gasteiger partial charge in [-0.3, -0.25) is 14.3 Å². The van der Waals surface area contributed by atoms with E-state index in [1.807, 2.05) is 6.07 Å². The number of hydrogen-bond donors (Lipinski definition) is 2. The smallest absolute Gasteiger partial charge is 0.335 e. The van der Waals surface area contributed by atoms with Crippen LogP contribution in [0.25, 0.3) is 16.2 Å². The van der Waals surface area contributed by atoms with Gasteiger partial charge in [-0.25, -0.2) is 18.7 Å². The molecule has 1 saturated heterocycles. The van der Waals surface area contributed by atoms with Gasteiger partial charge in [-0.2, -0.15) is 0 Å². The Labute approximate surface area is 186 Å². The number of anilines is 2. The van der Waals surface area contributed by atoms with E-state index in [0.717, 1.165) is 43.2 Å². The van der Waals surface area contributed by atoms with Crippen LogP contribution in [-0.4, -0.2) is 51.2 Å². The topological polar surface area (TPSA) is 97.1 Å². The van der Waals surface area contributed by atoms with Gasteiger partial charge >= 0.3 is 5.69 Å². The summed E-state index contributed by atoms with van der Waals surface area (Å²) in [6.45, 7) is 3.39. The van der Waals surface area contributed by atoms with Gasteiger partial charge in [0.05, 0.1) is 28.6 Å². The number of hydrogen-bond acceptors (Lipinski definition) is 7. The largest absolute Gasteiger partial charge is 0.367 e. The number of aromatic nitrogens is 4. The van der Waals surface area contributed by atoms with Crippen LogP contribution in [-0.2, 0) is 7.05 Å². The Balaban J connectivity index is 1.45. The first-order valence-electron chi connectivity index (χ1n) is 10.1. The number of nitrogens with one attached hydrogen (secondary N) is 2. The zero-order valence-electron chi connectivity index (χ0n) is 17.2. The van der Waals surface area contributed by atoms with Gasteiger partial charge in [-0.05, 0) is 18.2 Å². The molecule has 1 aliphatic heterocycles. The summed E-state index contributed by atoms with van der Waals surface area (Å²) in [5.41, 5.74) is 2.27. The quantitative estimate of drug-likeness (QED) is 0.491. The summed E-state index contributed by atoms with van der Waals surface area (Å²) < 4.78 is 16.6. The molecule has 0 unspecified atom stereocenters. The van der Waals surface area contributed by atoms with Crippen LogP contribution in [0.2, 0.25) is 0 Å². The number of imidazole rings is 1. The molecule has 9 nitrogen and oxygen atoms in total.